The molecule has 0 saturated heterocycles. The van der Waals surface area contributed by atoms with Crippen molar-refractivity contribution in [2.45, 2.75) is 6.54 Å². The number of aromatic nitrogens is 2. The molecule has 0 unspecified atom stereocenters. The Bertz CT molecular complexity index is 828. The number of carboxylic acids is 1. The minimum Gasteiger partial charge on any atom is -0.478 e. The number of halogens is 2. The molecule has 3 rings (SSSR count). The molecule has 1 heterocycles. The first-order valence-corrected chi connectivity index (χ1v) is 7.35. The smallest absolute Gasteiger partial charge is 0.337 e. The molecule has 1 N–H and O–H groups in total. The Morgan fingerprint density at radius 2 is 1.95 bits per heavy atom. The molecule has 0 aliphatic carbocycles. The standard InChI is InChI=1S/C15H10BrClN2O2/c16-10-3-1-9(2-4-10)8-19-14-11(15(20)21)5-6-13(17)12(14)7-18-19/h1-7H,8H2,(H,20,21). The van der Waals surface area contributed by atoms with E-state index in [4.69, 9.17) is 11.6 Å². The summed E-state index contributed by atoms with van der Waals surface area (Å²) in [4.78, 5) is 11.4. The molecule has 0 fully saturated rings. The zero-order valence-electron chi connectivity index (χ0n) is 10.8. The molecule has 0 amide bonds. The van der Waals surface area contributed by atoms with Crippen molar-refractivity contribution in [2.24, 2.45) is 0 Å². The molecule has 0 spiro atoms. The van der Waals surface area contributed by atoms with E-state index in [1.54, 1.807) is 16.9 Å². The molecule has 1 aromatic heterocycles. The van der Waals surface area contributed by atoms with Gasteiger partial charge in [-0.15, -0.1) is 0 Å². The van der Waals surface area contributed by atoms with Gasteiger partial charge in [-0.2, -0.15) is 5.10 Å². The molecule has 0 aliphatic heterocycles. The number of fused-ring (bicyclic) bond motifs is 1. The van der Waals surface area contributed by atoms with Crippen LogP contribution in [0.3, 0.4) is 0 Å². The lowest BCUT2D eigenvalue weighted by atomic mass is 10.1. The average Bonchev–Trinajstić information content (AvgIpc) is 2.86. The number of hydrogen-bond acceptors (Lipinski definition) is 2. The SMILES string of the molecule is O=C(O)c1ccc(Cl)c2cnn(Cc3ccc(Br)cc3)c12. The van der Waals surface area contributed by atoms with E-state index in [0.717, 1.165) is 10.0 Å². The molecular formula is C15H10BrClN2O2. The number of hydrogen-bond donors (Lipinski definition) is 1. The first kappa shape index (κ1) is 14.1. The highest BCUT2D eigenvalue weighted by Gasteiger charge is 2.16. The van der Waals surface area contributed by atoms with E-state index in [1.165, 1.54) is 6.07 Å². The maximum absolute atomic E-state index is 11.4. The number of carbonyl (C=O) groups is 1. The minimum absolute atomic E-state index is 0.198. The summed E-state index contributed by atoms with van der Waals surface area (Å²) in [5.41, 5.74) is 1.77. The van der Waals surface area contributed by atoms with Crippen LogP contribution < -0.4 is 0 Å². The summed E-state index contributed by atoms with van der Waals surface area (Å²) in [6.07, 6.45) is 1.60. The van der Waals surface area contributed by atoms with Gasteiger partial charge in [-0.1, -0.05) is 39.7 Å². The lowest BCUT2D eigenvalue weighted by Crippen LogP contribution is -2.06. The number of carboxylic acid groups (broad SMARTS) is 1. The maximum Gasteiger partial charge on any atom is 0.337 e. The fourth-order valence-corrected chi connectivity index (χ4v) is 2.69. The van der Waals surface area contributed by atoms with E-state index in [0.29, 0.717) is 22.5 Å². The van der Waals surface area contributed by atoms with Gasteiger partial charge in [-0.25, -0.2) is 4.79 Å². The molecule has 0 radical (unpaired) electrons. The summed E-state index contributed by atoms with van der Waals surface area (Å²) >= 11 is 9.50. The zero-order chi connectivity index (χ0) is 15.0. The predicted molar refractivity (Wildman–Crippen MR) is 84.9 cm³/mol. The highest BCUT2D eigenvalue weighted by Crippen LogP contribution is 2.27. The lowest BCUT2D eigenvalue weighted by Gasteiger charge is -2.07. The van der Waals surface area contributed by atoms with Crippen LogP contribution in [-0.2, 0) is 6.54 Å². The van der Waals surface area contributed by atoms with Gasteiger partial charge in [0.05, 0.1) is 28.8 Å². The van der Waals surface area contributed by atoms with Gasteiger partial charge in [-0.3, -0.25) is 4.68 Å². The summed E-state index contributed by atoms with van der Waals surface area (Å²) in [5, 5.41) is 14.7. The second kappa shape index (κ2) is 5.50. The van der Waals surface area contributed by atoms with Crippen molar-refractivity contribution < 1.29 is 9.90 Å². The van der Waals surface area contributed by atoms with Crippen LogP contribution in [0.25, 0.3) is 10.9 Å². The van der Waals surface area contributed by atoms with Gasteiger partial charge in [0.2, 0.25) is 0 Å². The third kappa shape index (κ3) is 2.66. The van der Waals surface area contributed by atoms with Crippen LogP contribution in [0.5, 0.6) is 0 Å². The van der Waals surface area contributed by atoms with Crippen LogP contribution in [0.4, 0.5) is 0 Å². The summed E-state index contributed by atoms with van der Waals surface area (Å²) in [6, 6.07) is 10.9. The van der Waals surface area contributed by atoms with Crippen LogP contribution in [0.1, 0.15) is 15.9 Å². The Morgan fingerprint density at radius 3 is 2.62 bits per heavy atom. The second-order valence-electron chi connectivity index (χ2n) is 4.59. The summed E-state index contributed by atoms with van der Waals surface area (Å²) in [6.45, 7) is 0.484. The van der Waals surface area contributed by atoms with Gasteiger partial charge in [-0.05, 0) is 29.8 Å². The van der Waals surface area contributed by atoms with Gasteiger partial charge >= 0.3 is 5.97 Å². The number of rotatable bonds is 3. The van der Waals surface area contributed by atoms with Crippen LogP contribution >= 0.6 is 27.5 Å². The number of nitrogens with zero attached hydrogens (tertiary/aromatic N) is 2. The second-order valence-corrected chi connectivity index (χ2v) is 5.91. The molecule has 0 atom stereocenters. The third-order valence-electron chi connectivity index (χ3n) is 3.22. The Balaban J connectivity index is 2.12. The van der Waals surface area contributed by atoms with Crippen molar-refractivity contribution in [3.05, 3.63) is 63.2 Å². The summed E-state index contributed by atoms with van der Waals surface area (Å²) in [7, 11) is 0. The van der Waals surface area contributed by atoms with Crippen molar-refractivity contribution in [1.29, 1.82) is 0 Å². The van der Waals surface area contributed by atoms with Gasteiger partial charge in [0, 0.05) is 9.86 Å². The molecule has 21 heavy (non-hydrogen) atoms. The molecule has 106 valence electrons. The first-order valence-electron chi connectivity index (χ1n) is 6.18. The minimum atomic E-state index is -0.991. The largest absolute Gasteiger partial charge is 0.478 e. The molecule has 3 aromatic rings. The summed E-state index contributed by atoms with van der Waals surface area (Å²) in [5.74, 6) is -0.991. The van der Waals surface area contributed by atoms with Gasteiger partial charge < -0.3 is 5.11 Å². The Kier molecular flexibility index (Phi) is 3.69. The van der Waals surface area contributed by atoms with Gasteiger partial charge in [0.1, 0.15) is 0 Å². The Morgan fingerprint density at radius 1 is 1.24 bits per heavy atom. The van der Waals surface area contributed by atoms with E-state index in [-0.39, 0.29) is 5.56 Å². The van der Waals surface area contributed by atoms with E-state index in [2.05, 4.69) is 21.0 Å². The zero-order valence-corrected chi connectivity index (χ0v) is 13.1. The lowest BCUT2D eigenvalue weighted by molar-refractivity contribution is 0.0698. The van der Waals surface area contributed by atoms with E-state index in [1.807, 2.05) is 24.3 Å². The number of aromatic carboxylic acids is 1. The quantitative estimate of drug-likeness (QED) is 0.757. The molecule has 0 aliphatic rings. The van der Waals surface area contributed by atoms with E-state index >= 15 is 0 Å². The average molecular weight is 366 g/mol. The van der Waals surface area contributed by atoms with Gasteiger partial charge in [0.25, 0.3) is 0 Å². The fraction of sp³-hybridized carbons (Fsp3) is 0.0667. The fourth-order valence-electron chi connectivity index (χ4n) is 2.22. The van der Waals surface area contributed by atoms with Crippen molar-refractivity contribution in [2.75, 3.05) is 0 Å². The first-order chi connectivity index (χ1) is 10.1. The third-order valence-corrected chi connectivity index (χ3v) is 4.08. The van der Waals surface area contributed by atoms with Crippen molar-refractivity contribution in [3.63, 3.8) is 0 Å². The molecule has 4 nitrogen and oxygen atoms in total. The van der Waals surface area contributed by atoms with Crippen LogP contribution in [0, 0.1) is 0 Å². The van der Waals surface area contributed by atoms with Crippen LogP contribution in [0.15, 0.2) is 47.1 Å². The molecular weight excluding hydrogens is 356 g/mol. The Hall–Kier alpha value is -1.85. The molecule has 6 heteroatoms. The van der Waals surface area contributed by atoms with Crippen molar-refractivity contribution in [3.8, 4) is 0 Å². The van der Waals surface area contributed by atoms with E-state index in [9.17, 15) is 9.90 Å². The van der Waals surface area contributed by atoms with Crippen molar-refractivity contribution >= 4 is 44.4 Å². The highest BCUT2D eigenvalue weighted by molar-refractivity contribution is 9.10. The van der Waals surface area contributed by atoms with Crippen molar-refractivity contribution in [1.82, 2.24) is 9.78 Å². The molecule has 2 aromatic carbocycles. The van der Waals surface area contributed by atoms with Gasteiger partial charge in [0.15, 0.2) is 0 Å². The monoisotopic (exact) mass is 364 g/mol. The van der Waals surface area contributed by atoms with Crippen LogP contribution in [0.2, 0.25) is 5.02 Å². The molecule has 0 saturated carbocycles. The number of benzene rings is 2. The normalized spacial score (nSPS) is 11.0. The molecule has 0 bridgehead atoms. The van der Waals surface area contributed by atoms with E-state index < -0.39 is 5.97 Å². The summed E-state index contributed by atoms with van der Waals surface area (Å²) < 4.78 is 2.65. The van der Waals surface area contributed by atoms with Crippen LogP contribution in [-0.4, -0.2) is 20.9 Å². The Labute approximate surface area is 134 Å². The topological polar surface area (TPSA) is 55.1 Å². The highest BCUT2D eigenvalue weighted by atomic mass is 79.9. The predicted octanol–water partition coefficient (Wildman–Crippen LogP) is 4.20. The maximum atomic E-state index is 11.4.